The molecule has 0 saturated heterocycles. The van der Waals surface area contributed by atoms with Crippen molar-refractivity contribution in [2.24, 2.45) is 5.92 Å². The molecule has 2 N–H and O–H groups in total. The van der Waals surface area contributed by atoms with Crippen molar-refractivity contribution < 1.29 is 18.0 Å². The van der Waals surface area contributed by atoms with Gasteiger partial charge in [-0.15, -0.1) is 0 Å². The molecule has 180 valence electrons. The average molecular weight is 472 g/mol. The molecule has 1 amide bonds. The summed E-state index contributed by atoms with van der Waals surface area (Å²) in [6.07, 6.45) is 9.90. The first kappa shape index (κ1) is 23.9. The summed E-state index contributed by atoms with van der Waals surface area (Å²) in [6.45, 7) is 5.91. The number of nitrogens with one attached hydrogen (secondary N) is 2. The Labute approximate surface area is 196 Å². The third-order valence-corrected chi connectivity index (χ3v) is 6.43. The van der Waals surface area contributed by atoms with Gasteiger partial charge in [0.2, 0.25) is 5.92 Å². The number of alkyl halides is 2. The van der Waals surface area contributed by atoms with E-state index in [0.29, 0.717) is 11.4 Å². The van der Waals surface area contributed by atoms with E-state index in [2.05, 4.69) is 25.6 Å². The minimum Gasteiger partial charge on any atom is -0.375 e. The minimum absolute atomic E-state index is 0.132. The Morgan fingerprint density at radius 3 is 2.44 bits per heavy atom. The van der Waals surface area contributed by atoms with Gasteiger partial charge in [-0.1, -0.05) is 20.8 Å². The van der Waals surface area contributed by atoms with Crippen molar-refractivity contribution in [3.63, 3.8) is 0 Å². The van der Waals surface area contributed by atoms with E-state index in [1.165, 1.54) is 36.9 Å². The Morgan fingerprint density at radius 1 is 1.15 bits per heavy atom. The van der Waals surface area contributed by atoms with E-state index in [0.717, 1.165) is 0 Å². The third-order valence-electron chi connectivity index (χ3n) is 6.43. The van der Waals surface area contributed by atoms with Gasteiger partial charge in [-0.25, -0.2) is 23.1 Å². The summed E-state index contributed by atoms with van der Waals surface area (Å²) in [5, 5.41) is 5.90. The van der Waals surface area contributed by atoms with E-state index in [1.807, 2.05) is 20.8 Å². The number of aromatic nitrogens is 3. The highest BCUT2D eigenvalue weighted by Gasteiger charge is 2.50. The van der Waals surface area contributed by atoms with Gasteiger partial charge in [-0.2, -0.15) is 0 Å². The van der Waals surface area contributed by atoms with Gasteiger partial charge in [0.1, 0.15) is 17.2 Å². The number of pyridine rings is 1. The fourth-order valence-electron chi connectivity index (χ4n) is 4.59. The molecule has 2 aromatic heterocycles. The van der Waals surface area contributed by atoms with Crippen LogP contribution in [0.15, 0.2) is 55.0 Å². The van der Waals surface area contributed by atoms with Crippen LogP contribution in [0.4, 0.5) is 18.9 Å². The van der Waals surface area contributed by atoms with Crippen LogP contribution in [0.2, 0.25) is 0 Å². The standard InChI is InChI=1S/C25H28F3N5O/c1-23(2,3)22-30-13-16(14-31-22)21(34)33-19-15-29-12-8-18(19)25(20(26)5-4-11-32-25)17-6-9-24(27,28)10-7-17/h4-5,8,11-15,17,32H,6-7,9-10H2,1-3H3,(H,33,34). The zero-order chi connectivity index (χ0) is 24.6. The largest absolute Gasteiger partial charge is 0.375 e. The van der Waals surface area contributed by atoms with Crippen LogP contribution in [-0.4, -0.2) is 26.8 Å². The SMILES string of the molecule is CC(C)(C)c1ncc(C(=O)Nc2cnccc2C2(C3CCC(F)(F)CC3)NC=CC=C2F)cn1. The van der Waals surface area contributed by atoms with Crippen LogP contribution in [-0.2, 0) is 11.0 Å². The summed E-state index contributed by atoms with van der Waals surface area (Å²) < 4.78 is 43.3. The monoisotopic (exact) mass is 471 g/mol. The topological polar surface area (TPSA) is 79.8 Å². The third kappa shape index (κ3) is 4.56. The number of amides is 1. The van der Waals surface area contributed by atoms with E-state index in [-0.39, 0.29) is 42.3 Å². The lowest BCUT2D eigenvalue weighted by Gasteiger charge is -2.45. The predicted octanol–water partition coefficient (Wildman–Crippen LogP) is 5.41. The van der Waals surface area contributed by atoms with Gasteiger partial charge in [-0.3, -0.25) is 9.78 Å². The molecule has 1 unspecified atom stereocenters. The molecule has 3 heterocycles. The second-order valence-corrected chi connectivity index (χ2v) is 9.88. The second kappa shape index (κ2) is 8.85. The zero-order valence-corrected chi connectivity index (χ0v) is 19.4. The number of allylic oxidation sites excluding steroid dienone is 2. The van der Waals surface area contributed by atoms with Gasteiger partial charge < -0.3 is 10.6 Å². The first-order valence-electron chi connectivity index (χ1n) is 11.3. The summed E-state index contributed by atoms with van der Waals surface area (Å²) >= 11 is 0. The molecule has 2 aliphatic rings. The van der Waals surface area contributed by atoms with Gasteiger partial charge in [0, 0.05) is 42.4 Å². The number of nitrogens with zero attached hydrogens (tertiary/aromatic N) is 3. The molecule has 0 spiro atoms. The van der Waals surface area contributed by atoms with Crippen LogP contribution in [0.3, 0.4) is 0 Å². The maximum atomic E-state index is 15.6. The first-order valence-corrected chi connectivity index (χ1v) is 11.3. The number of dihydropyridines is 1. The number of anilines is 1. The molecular formula is C25H28F3N5O. The molecule has 1 aliphatic heterocycles. The Kier molecular flexibility index (Phi) is 6.22. The van der Waals surface area contributed by atoms with Crippen LogP contribution in [0.1, 0.15) is 68.2 Å². The summed E-state index contributed by atoms with van der Waals surface area (Å²) in [5.74, 6) is -3.57. The molecule has 1 saturated carbocycles. The summed E-state index contributed by atoms with van der Waals surface area (Å²) in [7, 11) is 0. The average Bonchev–Trinajstić information content (AvgIpc) is 2.80. The quantitative estimate of drug-likeness (QED) is 0.623. The van der Waals surface area contributed by atoms with Crippen LogP contribution < -0.4 is 10.6 Å². The highest BCUT2D eigenvalue weighted by atomic mass is 19.3. The molecule has 6 nitrogen and oxygen atoms in total. The van der Waals surface area contributed by atoms with Crippen molar-refractivity contribution >= 4 is 11.6 Å². The first-order chi connectivity index (χ1) is 16.0. The van der Waals surface area contributed by atoms with Crippen molar-refractivity contribution in [2.45, 2.75) is 63.3 Å². The molecule has 0 radical (unpaired) electrons. The van der Waals surface area contributed by atoms with Crippen LogP contribution in [0.25, 0.3) is 0 Å². The van der Waals surface area contributed by atoms with Gasteiger partial charge in [0.25, 0.3) is 5.91 Å². The number of hydrogen-bond acceptors (Lipinski definition) is 5. The summed E-state index contributed by atoms with van der Waals surface area (Å²) in [5.41, 5.74) is -0.698. The minimum atomic E-state index is -2.75. The normalized spacial score (nSPS) is 22.6. The number of carbonyl (C=O) groups excluding carboxylic acids is 1. The molecule has 0 aromatic carbocycles. The van der Waals surface area contributed by atoms with E-state index >= 15 is 4.39 Å². The van der Waals surface area contributed by atoms with Crippen LogP contribution >= 0.6 is 0 Å². The molecule has 0 bridgehead atoms. The number of halogens is 3. The van der Waals surface area contributed by atoms with Gasteiger partial charge in [-0.05, 0) is 43.2 Å². The van der Waals surface area contributed by atoms with Gasteiger partial charge >= 0.3 is 0 Å². The Hall–Kier alpha value is -3.23. The molecule has 9 heteroatoms. The molecular weight excluding hydrogens is 443 g/mol. The molecule has 34 heavy (non-hydrogen) atoms. The van der Waals surface area contributed by atoms with Gasteiger partial charge in [0.15, 0.2) is 0 Å². The van der Waals surface area contributed by atoms with Crippen LogP contribution in [0.5, 0.6) is 0 Å². The zero-order valence-electron chi connectivity index (χ0n) is 19.4. The Balaban J connectivity index is 1.67. The second-order valence-electron chi connectivity index (χ2n) is 9.88. The van der Waals surface area contributed by atoms with Crippen molar-refractivity contribution in [3.8, 4) is 0 Å². The highest BCUT2D eigenvalue weighted by molar-refractivity contribution is 6.04. The van der Waals surface area contributed by atoms with Crippen molar-refractivity contribution in [1.29, 1.82) is 0 Å². The van der Waals surface area contributed by atoms with E-state index in [4.69, 9.17) is 0 Å². The lowest BCUT2D eigenvalue weighted by atomic mass is 9.68. The Morgan fingerprint density at radius 2 is 1.82 bits per heavy atom. The van der Waals surface area contributed by atoms with E-state index < -0.39 is 29.1 Å². The lowest BCUT2D eigenvalue weighted by Crippen LogP contribution is -2.50. The fourth-order valence-corrected chi connectivity index (χ4v) is 4.59. The highest BCUT2D eigenvalue weighted by Crippen LogP contribution is 2.50. The maximum absolute atomic E-state index is 15.6. The lowest BCUT2D eigenvalue weighted by molar-refractivity contribution is -0.0560. The molecule has 4 rings (SSSR count). The van der Waals surface area contributed by atoms with Crippen molar-refractivity contribution in [3.05, 3.63) is 72.0 Å². The number of carbonyl (C=O) groups is 1. The summed E-state index contributed by atoms with van der Waals surface area (Å²) in [4.78, 5) is 25.7. The fraction of sp³-hybridized carbons (Fsp3) is 0.440. The molecule has 1 aliphatic carbocycles. The summed E-state index contributed by atoms with van der Waals surface area (Å²) in [6, 6.07) is 1.61. The van der Waals surface area contributed by atoms with Crippen LogP contribution in [0, 0.1) is 5.92 Å². The van der Waals surface area contributed by atoms with Crippen molar-refractivity contribution in [2.75, 3.05) is 5.32 Å². The van der Waals surface area contributed by atoms with E-state index in [1.54, 1.807) is 12.3 Å². The molecule has 2 aromatic rings. The van der Waals surface area contributed by atoms with Crippen molar-refractivity contribution in [1.82, 2.24) is 20.3 Å². The molecule has 1 fully saturated rings. The Bertz CT molecular complexity index is 1110. The van der Waals surface area contributed by atoms with Gasteiger partial charge in [0.05, 0.1) is 17.4 Å². The molecule has 1 atom stereocenters. The number of rotatable bonds is 4. The predicted molar refractivity (Wildman–Crippen MR) is 123 cm³/mol. The number of hydrogen-bond donors (Lipinski definition) is 2. The smallest absolute Gasteiger partial charge is 0.258 e. The van der Waals surface area contributed by atoms with E-state index in [9.17, 15) is 13.6 Å². The maximum Gasteiger partial charge on any atom is 0.258 e.